The van der Waals surface area contributed by atoms with Crippen LogP contribution in [0.4, 0.5) is 0 Å². The van der Waals surface area contributed by atoms with Gasteiger partial charge in [-0.25, -0.2) is 4.98 Å². The summed E-state index contributed by atoms with van der Waals surface area (Å²) < 4.78 is 13.8. The molecule has 0 aliphatic heterocycles. The summed E-state index contributed by atoms with van der Waals surface area (Å²) in [5.74, 6) is 2.70. The highest BCUT2D eigenvalue weighted by molar-refractivity contribution is 5.80. The number of nitrogens with zero attached hydrogens (tertiary/aromatic N) is 2. The van der Waals surface area contributed by atoms with E-state index in [4.69, 9.17) is 14.5 Å². The molecule has 0 unspecified atom stereocenters. The van der Waals surface area contributed by atoms with E-state index in [1.165, 1.54) is 0 Å². The summed E-state index contributed by atoms with van der Waals surface area (Å²) in [6.07, 6.45) is 3.59. The van der Waals surface area contributed by atoms with Crippen LogP contribution in [0, 0.1) is 0 Å². The predicted octanol–water partition coefficient (Wildman–Crippen LogP) is 5.91. The first-order chi connectivity index (χ1) is 14.8. The fourth-order valence-corrected chi connectivity index (χ4v) is 3.66. The van der Waals surface area contributed by atoms with E-state index in [1.807, 2.05) is 48.5 Å². The van der Waals surface area contributed by atoms with Gasteiger partial charge in [-0.2, -0.15) is 0 Å². The number of hydrogen-bond donors (Lipinski definition) is 0. The van der Waals surface area contributed by atoms with Gasteiger partial charge in [-0.3, -0.25) is 0 Å². The molecule has 1 heterocycles. The standard InChI is InChI=1S/C26H26N2O2/c1-3-10-20-11-4-7-16-25(20)30-18-9-17-28-24-15-6-5-14-23(24)27-26(28)21-12-8-13-22(19-21)29-2/h3-8,11-16,19H,1,9-10,17-18H2,2H3. The van der Waals surface area contributed by atoms with Crippen molar-refractivity contribution in [2.45, 2.75) is 19.4 Å². The molecule has 0 N–H and O–H groups in total. The second-order valence-corrected chi connectivity index (χ2v) is 7.11. The maximum Gasteiger partial charge on any atom is 0.141 e. The molecular weight excluding hydrogens is 372 g/mol. The number of fused-ring (bicyclic) bond motifs is 1. The predicted molar refractivity (Wildman–Crippen MR) is 122 cm³/mol. The number of benzene rings is 3. The zero-order valence-corrected chi connectivity index (χ0v) is 17.3. The average molecular weight is 399 g/mol. The lowest BCUT2D eigenvalue weighted by molar-refractivity contribution is 0.300. The van der Waals surface area contributed by atoms with Crippen molar-refractivity contribution in [3.63, 3.8) is 0 Å². The number of ether oxygens (including phenoxy) is 2. The number of imidazole rings is 1. The summed E-state index contributed by atoms with van der Waals surface area (Å²) in [7, 11) is 1.68. The van der Waals surface area contributed by atoms with Crippen molar-refractivity contribution in [3.05, 3.63) is 91.0 Å². The number of allylic oxidation sites excluding steroid dienone is 1. The van der Waals surface area contributed by atoms with Crippen LogP contribution in [0.2, 0.25) is 0 Å². The smallest absolute Gasteiger partial charge is 0.141 e. The monoisotopic (exact) mass is 398 g/mol. The Morgan fingerprint density at radius 3 is 2.70 bits per heavy atom. The molecule has 4 heteroatoms. The van der Waals surface area contributed by atoms with Crippen molar-refractivity contribution in [2.24, 2.45) is 0 Å². The van der Waals surface area contributed by atoms with Crippen LogP contribution in [0.25, 0.3) is 22.4 Å². The van der Waals surface area contributed by atoms with Crippen molar-refractivity contribution < 1.29 is 9.47 Å². The molecule has 4 nitrogen and oxygen atoms in total. The summed E-state index contributed by atoms with van der Waals surface area (Å²) in [6.45, 7) is 5.29. The Balaban J connectivity index is 1.54. The van der Waals surface area contributed by atoms with Gasteiger partial charge in [0.1, 0.15) is 17.3 Å². The molecular formula is C26H26N2O2. The number of methoxy groups -OCH3 is 1. The van der Waals surface area contributed by atoms with E-state index in [1.54, 1.807) is 7.11 Å². The Morgan fingerprint density at radius 2 is 1.83 bits per heavy atom. The van der Waals surface area contributed by atoms with E-state index < -0.39 is 0 Å². The molecule has 30 heavy (non-hydrogen) atoms. The first-order valence-electron chi connectivity index (χ1n) is 10.2. The van der Waals surface area contributed by atoms with E-state index in [2.05, 4.69) is 41.5 Å². The largest absolute Gasteiger partial charge is 0.497 e. The zero-order valence-electron chi connectivity index (χ0n) is 17.3. The quantitative estimate of drug-likeness (QED) is 0.260. The maximum atomic E-state index is 6.08. The average Bonchev–Trinajstić information content (AvgIpc) is 3.16. The van der Waals surface area contributed by atoms with Gasteiger partial charge in [0.15, 0.2) is 0 Å². The van der Waals surface area contributed by atoms with Crippen LogP contribution in [0.3, 0.4) is 0 Å². The molecule has 0 aliphatic rings. The molecule has 4 rings (SSSR count). The Hall–Kier alpha value is -3.53. The van der Waals surface area contributed by atoms with Crippen LogP contribution < -0.4 is 9.47 Å². The van der Waals surface area contributed by atoms with Gasteiger partial charge in [-0.15, -0.1) is 6.58 Å². The van der Waals surface area contributed by atoms with Crippen LogP contribution >= 0.6 is 0 Å². The molecule has 0 bridgehead atoms. The molecule has 1 aromatic heterocycles. The Kier molecular flexibility index (Phi) is 6.14. The summed E-state index contributed by atoms with van der Waals surface area (Å²) in [5.41, 5.74) is 4.33. The summed E-state index contributed by atoms with van der Waals surface area (Å²) in [6, 6.07) is 24.4. The van der Waals surface area contributed by atoms with Gasteiger partial charge >= 0.3 is 0 Å². The van der Waals surface area contributed by atoms with Crippen molar-refractivity contribution in [3.8, 4) is 22.9 Å². The number of aromatic nitrogens is 2. The summed E-state index contributed by atoms with van der Waals surface area (Å²) >= 11 is 0. The van der Waals surface area contributed by atoms with Crippen LogP contribution in [0.15, 0.2) is 85.5 Å². The Labute approximate surface area is 177 Å². The number of hydrogen-bond acceptors (Lipinski definition) is 3. The SMILES string of the molecule is C=CCc1ccccc1OCCCn1c(-c2cccc(OC)c2)nc2ccccc21. The highest BCUT2D eigenvalue weighted by atomic mass is 16.5. The molecule has 0 saturated carbocycles. The number of para-hydroxylation sites is 3. The van der Waals surface area contributed by atoms with Gasteiger partial charge in [0.05, 0.1) is 24.8 Å². The molecule has 0 atom stereocenters. The van der Waals surface area contributed by atoms with Crippen LogP contribution in [-0.2, 0) is 13.0 Å². The van der Waals surface area contributed by atoms with Crippen molar-refractivity contribution in [2.75, 3.05) is 13.7 Å². The third kappa shape index (κ3) is 4.23. The fourth-order valence-electron chi connectivity index (χ4n) is 3.66. The lowest BCUT2D eigenvalue weighted by atomic mass is 10.1. The minimum Gasteiger partial charge on any atom is -0.497 e. The molecule has 0 spiro atoms. The van der Waals surface area contributed by atoms with Crippen molar-refractivity contribution in [1.29, 1.82) is 0 Å². The molecule has 0 radical (unpaired) electrons. The second kappa shape index (κ2) is 9.31. The second-order valence-electron chi connectivity index (χ2n) is 7.11. The van der Waals surface area contributed by atoms with Gasteiger partial charge in [0.2, 0.25) is 0 Å². The third-order valence-corrected chi connectivity index (χ3v) is 5.10. The highest BCUT2D eigenvalue weighted by Crippen LogP contribution is 2.28. The Bertz CT molecular complexity index is 1150. The van der Waals surface area contributed by atoms with Crippen LogP contribution in [0.5, 0.6) is 11.5 Å². The molecule has 0 saturated heterocycles. The molecule has 0 amide bonds. The first kappa shape index (κ1) is 19.8. The topological polar surface area (TPSA) is 36.3 Å². The van der Waals surface area contributed by atoms with Crippen molar-refractivity contribution in [1.82, 2.24) is 9.55 Å². The lowest BCUT2D eigenvalue weighted by Crippen LogP contribution is -2.07. The maximum absolute atomic E-state index is 6.08. The summed E-state index contributed by atoms with van der Waals surface area (Å²) in [5, 5.41) is 0. The van der Waals surface area contributed by atoms with Gasteiger partial charge < -0.3 is 14.0 Å². The normalized spacial score (nSPS) is 10.8. The Morgan fingerprint density at radius 1 is 1.00 bits per heavy atom. The van der Waals surface area contributed by atoms with Gasteiger partial charge in [0, 0.05) is 12.1 Å². The molecule has 152 valence electrons. The van der Waals surface area contributed by atoms with E-state index in [0.717, 1.165) is 58.9 Å². The van der Waals surface area contributed by atoms with E-state index in [-0.39, 0.29) is 0 Å². The minimum atomic E-state index is 0.637. The fraction of sp³-hybridized carbons (Fsp3) is 0.192. The summed E-state index contributed by atoms with van der Waals surface area (Å²) in [4.78, 5) is 4.89. The lowest BCUT2D eigenvalue weighted by Gasteiger charge is -2.13. The number of rotatable bonds is 9. The van der Waals surface area contributed by atoms with Gasteiger partial charge in [-0.1, -0.05) is 48.5 Å². The molecule has 0 aliphatic carbocycles. The highest BCUT2D eigenvalue weighted by Gasteiger charge is 2.13. The van der Waals surface area contributed by atoms with Crippen LogP contribution in [0.1, 0.15) is 12.0 Å². The van der Waals surface area contributed by atoms with Gasteiger partial charge in [0.25, 0.3) is 0 Å². The minimum absolute atomic E-state index is 0.637. The van der Waals surface area contributed by atoms with Crippen LogP contribution in [-0.4, -0.2) is 23.3 Å². The van der Waals surface area contributed by atoms with E-state index in [0.29, 0.717) is 6.61 Å². The molecule has 3 aromatic carbocycles. The van der Waals surface area contributed by atoms with Gasteiger partial charge in [-0.05, 0) is 48.7 Å². The third-order valence-electron chi connectivity index (χ3n) is 5.10. The van der Waals surface area contributed by atoms with E-state index in [9.17, 15) is 0 Å². The van der Waals surface area contributed by atoms with E-state index >= 15 is 0 Å². The zero-order chi connectivity index (χ0) is 20.8. The van der Waals surface area contributed by atoms with Crippen molar-refractivity contribution >= 4 is 11.0 Å². The first-order valence-corrected chi connectivity index (χ1v) is 10.2. The molecule has 4 aromatic rings. The number of aryl methyl sites for hydroxylation is 1. The molecule has 0 fully saturated rings.